The first-order valence-electron chi connectivity index (χ1n) is 9.09. The summed E-state index contributed by atoms with van der Waals surface area (Å²) in [6, 6.07) is 7.79. The van der Waals surface area contributed by atoms with Gasteiger partial charge in [-0.15, -0.1) is 0 Å². The summed E-state index contributed by atoms with van der Waals surface area (Å²) in [6.07, 6.45) is 4.08. The van der Waals surface area contributed by atoms with E-state index in [0.717, 1.165) is 49.9 Å². The standard InChI is InChI=1S/C19H24FN5O/c1-26-17-5-2-14(10-16(17)20)12-24-6-8-25(9-7-24)19-11-18(21-13-22-19)23-15-3-4-15/h2,5,10-11,13,15H,3-4,6-9,12H2,1H3,(H,21,22,23). The van der Waals surface area contributed by atoms with E-state index in [1.807, 2.05) is 12.1 Å². The molecule has 138 valence electrons. The highest BCUT2D eigenvalue weighted by molar-refractivity contribution is 5.49. The molecule has 7 heteroatoms. The summed E-state index contributed by atoms with van der Waals surface area (Å²) in [4.78, 5) is 13.3. The zero-order valence-electron chi connectivity index (χ0n) is 15.0. The lowest BCUT2D eigenvalue weighted by Crippen LogP contribution is -2.46. The summed E-state index contributed by atoms with van der Waals surface area (Å²) >= 11 is 0. The van der Waals surface area contributed by atoms with E-state index in [-0.39, 0.29) is 11.6 Å². The molecule has 2 aromatic rings. The zero-order chi connectivity index (χ0) is 17.9. The molecule has 1 saturated carbocycles. The smallest absolute Gasteiger partial charge is 0.165 e. The Labute approximate surface area is 153 Å². The molecule has 1 saturated heterocycles. The van der Waals surface area contributed by atoms with Crippen molar-refractivity contribution in [2.24, 2.45) is 0 Å². The summed E-state index contributed by atoms with van der Waals surface area (Å²) in [5, 5.41) is 3.42. The molecule has 0 amide bonds. The van der Waals surface area contributed by atoms with Gasteiger partial charge in [-0.1, -0.05) is 6.07 Å². The molecule has 0 spiro atoms. The van der Waals surface area contributed by atoms with Gasteiger partial charge in [0, 0.05) is 44.8 Å². The molecule has 26 heavy (non-hydrogen) atoms. The largest absolute Gasteiger partial charge is 0.494 e. The van der Waals surface area contributed by atoms with Gasteiger partial charge in [0.15, 0.2) is 11.6 Å². The van der Waals surface area contributed by atoms with Crippen LogP contribution in [0, 0.1) is 5.82 Å². The molecule has 2 fully saturated rings. The van der Waals surface area contributed by atoms with Crippen molar-refractivity contribution in [3.05, 3.63) is 42.0 Å². The van der Waals surface area contributed by atoms with E-state index >= 15 is 0 Å². The fourth-order valence-electron chi connectivity index (χ4n) is 3.24. The van der Waals surface area contributed by atoms with Crippen LogP contribution in [0.3, 0.4) is 0 Å². The van der Waals surface area contributed by atoms with E-state index < -0.39 is 0 Å². The molecule has 1 aromatic carbocycles. The third kappa shape index (κ3) is 4.04. The monoisotopic (exact) mass is 357 g/mol. The SMILES string of the molecule is COc1ccc(CN2CCN(c3cc(NC4CC4)ncn3)CC2)cc1F. The number of piperazine rings is 1. The van der Waals surface area contributed by atoms with Gasteiger partial charge >= 0.3 is 0 Å². The van der Waals surface area contributed by atoms with E-state index in [9.17, 15) is 4.39 Å². The number of rotatable bonds is 6. The lowest BCUT2D eigenvalue weighted by molar-refractivity contribution is 0.249. The second-order valence-electron chi connectivity index (χ2n) is 6.91. The molecule has 1 aliphatic heterocycles. The number of aromatic nitrogens is 2. The number of nitrogens with zero attached hydrogens (tertiary/aromatic N) is 4. The molecule has 0 bridgehead atoms. The Morgan fingerprint density at radius 3 is 2.65 bits per heavy atom. The molecule has 1 N–H and O–H groups in total. The highest BCUT2D eigenvalue weighted by Crippen LogP contribution is 2.25. The summed E-state index contributed by atoms with van der Waals surface area (Å²) in [5.41, 5.74) is 0.967. The first kappa shape index (κ1) is 17.0. The molecule has 1 aliphatic carbocycles. The molecule has 4 rings (SSSR count). The Hall–Kier alpha value is -2.41. The van der Waals surface area contributed by atoms with Crippen LogP contribution < -0.4 is 15.0 Å². The number of anilines is 2. The summed E-state index contributed by atoms with van der Waals surface area (Å²) < 4.78 is 18.8. The Morgan fingerprint density at radius 1 is 1.15 bits per heavy atom. The molecule has 6 nitrogen and oxygen atoms in total. The number of nitrogens with one attached hydrogen (secondary N) is 1. The maximum absolute atomic E-state index is 13.8. The molecule has 1 aromatic heterocycles. The Bertz CT molecular complexity index is 759. The van der Waals surface area contributed by atoms with Crippen LogP contribution in [0.4, 0.5) is 16.0 Å². The van der Waals surface area contributed by atoms with Crippen LogP contribution in [0.25, 0.3) is 0 Å². The van der Waals surface area contributed by atoms with Crippen molar-refractivity contribution in [3.63, 3.8) is 0 Å². The van der Waals surface area contributed by atoms with E-state index in [2.05, 4.69) is 25.1 Å². The van der Waals surface area contributed by atoms with Crippen molar-refractivity contribution < 1.29 is 9.13 Å². The fourth-order valence-corrected chi connectivity index (χ4v) is 3.24. The zero-order valence-corrected chi connectivity index (χ0v) is 15.0. The van der Waals surface area contributed by atoms with Gasteiger partial charge in [0.25, 0.3) is 0 Å². The average molecular weight is 357 g/mol. The maximum Gasteiger partial charge on any atom is 0.165 e. The summed E-state index contributed by atoms with van der Waals surface area (Å²) in [6.45, 7) is 4.39. The first-order chi connectivity index (χ1) is 12.7. The molecule has 0 radical (unpaired) electrons. The quantitative estimate of drug-likeness (QED) is 0.857. The summed E-state index contributed by atoms with van der Waals surface area (Å²) in [7, 11) is 1.48. The molecule has 2 aliphatic rings. The molecular weight excluding hydrogens is 333 g/mol. The lowest BCUT2D eigenvalue weighted by atomic mass is 10.2. The number of halogens is 1. The van der Waals surface area contributed by atoms with E-state index in [0.29, 0.717) is 6.04 Å². The number of hydrogen-bond donors (Lipinski definition) is 1. The minimum absolute atomic E-state index is 0.290. The summed E-state index contributed by atoms with van der Waals surface area (Å²) in [5.74, 6) is 1.87. The second-order valence-corrected chi connectivity index (χ2v) is 6.91. The van der Waals surface area contributed by atoms with Crippen molar-refractivity contribution in [2.75, 3.05) is 43.5 Å². The van der Waals surface area contributed by atoms with Crippen LogP contribution in [0.5, 0.6) is 5.75 Å². The highest BCUT2D eigenvalue weighted by Gasteiger charge is 2.23. The molecule has 0 atom stereocenters. The van der Waals surface area contributed by atoms with Gasteiger partial charge in [-0.3, -0.25) is 4.90 Å². The lowest BCUT2D eigenvalue weighted by Gasteiger charge is -2.35. The van der Waals surface area contributed by atoms with Gasteiger partial charge < -0.3 is 15.0 Å². The molecule has 0 unspecified atom stereocenters. The highest BCUT2D eigenvalue weighted by atomic mass is 19.1. The topological polar surface area (TPSA) is 53.5 Å². The number of ether oxygens (including phenoxy) is 1. The second kappa shape index (κ2) is 7.45. The van der Waals surface area contributed by atoms with Crippen LogP contribution in [-0.2, 0) is 6.54 Å². The van der Waals surface area contributed by atoms with Gasteiger partial charge in [-0.05, 0) is 30.5 Å². The first-order valence-corrected chi connectivity index (χ1v) is 9.09. The number of methoxy groups -OCH3 is 1. The maximum atomic E-state index is 13.8. The third-order valence-corrected chi connectivity index (χ3v) is 4.90. The number of hydrogen-bond acceptors (Lipinski definition) is 6. The Balaban J connectivity index is 1.33. The van der Waals surface area contributed by atoms with Gasteiger partial charge in [-0.2, -0.15) is 0 Å². The van der Waals surface area contributed by atoms with Crippen LogP contribution in [0.1, 0.15) is 18.4 Å². The van der Waals surface area contributed by atoms with Gasteiger partial charge in [0.2, 0.25) is 0 Å². The van der Waals surface area contributed by atoms with Crippen molar-refractivity contribution in [1.29, 1.82) is 0 Å². The van der Waals surface area contributed by atoms with Crippen molar-refractivity contribution in [3.8, 4) is 5.75 Å². The van der Waals surface area contributed by atoms with Gasteiger partial charge in [0.1, 0.15) is 18.0 Å². The van der Waals surface area contributed by atoms with E-state index in [1.54, 1.807) is 18.5 Å². The van der Waals surface area contributed by atoms with Gasteiger partial charge in [0.05, 0.1) is 7.11 Å². The van der Waals surface area contributed by atoms with Crippen molar-refractivity contribution >= 4 is 11.6 Å². The van der Waals surface area contributed by atoms with Crippen molar-refractivity contribution in [1.82, 2.24) is 14.9 Å². The fraction of sp³-hybridized carbons (Fsp3) is 0.474. The minimum atomic E-state index is -0.305. The predicted octanol–water partition coefficient (Wildman–Crippen LogP) is 2.52. The minimum Gasteiger partial charge on any atom is -0.494 e. The normalized spacial score (nSPS) is 18.0. The Morgan fingerprint density at radius 2 is 1.96 bits per heavy atom. The molecular formula is C19H24FN5O. The van der Waals surface area contributed by atoms with Gasteiger partial charge in [-0.25, -0.2) is 14.4 Å². The van der Waals surface area contributed by atoms with Crippen molar-refractivity contribution in [2.45, 2.75) is 25.4 Å². The van der Waals surface area contributed by atoms with E-state index in [4.69, 9.17) is 4.74 Å². The predicted molar refractivity (Wildman–Crippen MR) is 99.1 cm³/mol. The van der Waals surface area contributed by atoms with Crippen LogP contribution >= 0.6 is 0 Å². The molecule has 2 heterocycles. The van der Waals surface area contributed by atoms with Crippen LogP contribution in [-0.4, -0.2) is 54.2 Å². The Kier molecular flexibility index (Phi) is 4.88. The average Bonchev–Trinajstić information content (AvgIpc) is 3.47. The third-order valence-electron chi connectivity index (χ3n) is 4.90. The number of benzene rings is 1. The van der Waals surface area contributed by atoms with Crippen LogP contribution in [0.15, 0.2) is 30.6 Å². The van der Waals surface area contributed by atoms with Crippen LogP contribution in [0.2, 0.25) is 0 Å². The van der Waals surface area contributed by atoms with E-state index in [1.165, 1.54) is 20.0 Å².